The van der Waals surface area contributed by atoms with Crippen molar-refractivity contribution in [3.05, 3.63) is 11.6 Å². The number of ketones is 1. The Balaban J connectivity index is 1.85. The van der Waals surface area contributed by atoms with Gasteiger partial charge in [0.25, 0.3) is 5.91 Å². The first-order valence-electron chi connectivity index (χ1n) is 16.4. The van der Waals surface area contributed by atoms with Gasteiger partial charge in [-0.15, -0.1) is 0 Å². The number of urea groups is 1. The van der Waals surface area contributed by atoms with E-state index in [0.717, 1.165) is 44.1 Å². The van der Waals surface area contributed by atoms with Crippen LogP contribution < -0.4 is 21.7 Å². The molecule has 1 heterocycles. The van der Waals surface area contributed by atoms with Crippen LogP contribution in [0.5, 0.6) is 0 Å². The number of nitrogens with zero attached hydrogens (tertiary/aromatic N) is 1. The summed E-state index contributed by atoms with van der Waals surface area (Å²) in [5.41, 5.74) is 5.59. The van der Waals surface area contributed by atoms with E-state index in [1.54, 1.807) is 13.8 Å². The molecule has 3 aliphatic rings. The Morgan fingerprint density at radius 1 is 0.978 bits per heavy atom. The topological polar surface area (TPSA) is 177 Å². The number of likely N-dealkylation sites (tertiary alicyclic amines) is 1. The van der Waals surface area contributed by atoms with Crippen LogP contribution in [0.15, 0.2) is 11.6 Å². The van der Waals surface area contributed by atoms with E-state index in [0.29, 0.717) is 12.8 Å². The number of ether oxygens (including phenoxy) is 1. The van der Waals surface area contributed by atoms with Gasteiger partial charge in [-0.2, -0.15) is 0 Å². The summed E-state index contributed by atoms with van der Waals surface area (Å²) in [7, 11) is 0. The maximum absolute atomic E-state index is 14.3. The average molecular weight is 632 g/mol. The van der Waals surface area contributed by atoms with Gasteiger partial charge in [-0.05, 0) is 70.1 Å². The lowest BCUT2D eigenvalue weighted by atomic mass is 9.79. The van der Waals surface area contributed by atoms with Gasteiger partial charge in [0.2, 0.25) is 17.6 Å². The third-order valence-electron chi connectivity index (χ3n) is 9.10. The van der Waals surface area contributed by atoms with Gasteiger partial charge in [-0.25, -0.2) is 9.59 Å². The zero-order valence-electron chi connectivity index (χ0n) is 27.9. The van der Waals surface area contributed by atoms with Crippen LogP contribution in [0.4, 0.5) is 4.79 Å². The molecule has 12 heteroatoms. The Bertz CT molecular complexity index is 1170. The van der Waals surface area contributed by atoms with Gasteiger partial charge >= 0.3 is 12.0 Å². The lowest BCUT2D eigenvalue weighted by Crippen LogP contribution is -2.62. The molecule has 1 aliphatic heterocycles. The average Bonchev–Trinajstić information content (AvgIpc) is 3.64. The van der Waals surface area contributed by atoms with Crippen molar-refractivity contribution in [3.63, 3.8) is 0 Å². The summed E-state index contributed by atoms with van der Waals surface area (Å²) in [5, 5.41) is 8.31. The summed E-state index contributed by atoms with van der Waals surface area (Å²) in [4.78, 5) is 80.2. The normalized spacial score (nSPS) is 22.6. The molecule has 0 aromatic heterocycles. The van der Waals surface area contributed by atoms with E-state index in [2.05, 4.69) is 16.0 Å². The first-order chi connectivity index (χ1) is 21.0. The van der Waals surface area contributed by atoms with Crippen molar-refractivity contribution in [2.45, 2.75) is 130 Å². The van der Waals surface area contributed by atoms with Crippen molar-refractivity contribution in [2.24, 2.45) is 28.9 Å². The van der Waals surface area contributed by atoms with Crippen LogP contribution in [0, 0.1) is 23.2 Å². The highest BCUT2D eigenvalue weighted by molar-refractivity contribution is 6.37. The molecule has 2 aliphatic carbocycles. The highest BCUT2D eigenvalue weighted by Gasteiger charge is 2.47. The number of carbonyl (C=O) groups excluding carboxylic acids is 6. The third-order valence-corrected chi connectivity index (χ3v) is 9.10. The highest BCUT2D eigenvalue weighted by atomic mass is 16.5. The van der Waals surface area contributed by atoms with Crippen LogP contribution in [0.2, 0.25) is 0 Å². The van der Waals surface area contributed by atoms with Crippen molar-refractivity contribution in [2.75, 3.05) is 6.54 Å². The molecule has 3 rings (SSSR count). The van der Waals surface area contributed by atoms with Crippen LogP contribution in [0.1, 0.15) is 99.8 Å². The minimum absolute atomic E-state index is 0.0431. The van der Waals surface area contributed by atoms with Crippen molar-refractivity contribution in [1.82, 2.24) is 20.9 Å². The van der Waals surface area contributed by atoms with Gasteiger partial charge < -0.3 is 31.3 Å². The summed E-state index contributed by atoms with van der Waals surface area (Å²) in [5.74, 6) is -3.61. The number of hydrogen-bond donors (Lipinski definition) is 4. The fourth-order valence-corrected chi connectivity index (χ4v) is 5.98. The molecule has 252 valence electrons. The smallest absolute Gasteiger partial charge is 0.329 e. The first kappa shape index (κ1) is 36.0. The quantitative estimate of drug-likeness (QED) is 0.129. The van der Waals surface area contributed by atoms with Gasteiger partial charge in [0, 0.05) is 12.5 Å². The number of rotatable bonds is 14. The van der Waals surface area contributed by atoms with Crippen molar-refractivity contribution in [1.29, 1.82) is 0 Å². The predicted octanol–water partition coefficient (Wildman–Crippen LogP) is 2.73. The molecule has 1 saturated heterocycles. The number of Topliss-reactive ketones (excluding diaryl/α,β-unsaturated/α-hetero) is 1. The summed E-state index contributed by atoms with van der Waals surface area (Å²) in [6, 6.07) is -4.57. The van der Waals surface area contributed by atoms with Crippen molar-refractivity contribution in [3.8, 4) is 0 Å². The molecule has 1 unspecified atom stereocenters. The van der Waals surface area contributed by atoms with Crippen molar-refractivity contribution < 1.29 is 33.5 Å². The number of hydrogen-bond acceptors (Lipinski definition) is 7. The maximum atomic E-state index is 14.3. The lowest BCUT2D eigenvalue weighted by Gasteiger charge is -2.37. The Morgan fingerprint density at radius 3 is 2.11 bits per heavy atom. The SMILES string of the molecule is CC/C(C)=C/[C@H]1CCN(C(=O)[C@@H](NC(=O)N[C@H](C(=O)OC(C)C)C2CCC2)C(C)(C)C)[C@@H]1C(=O)NC(CC1CC1)C(=O)C(N)=O. The van der Waals surface area contributed by atoms with Crippen LogP contribution in [-0.4, -0.2) is 77.2 Å². The van der Waals surface area contributed by atoms with E-state index in [-0.39, 0.29) is 30.4 Å². The van der Waals surface area contributed by atoms with E-state index < -0.39 is 65.1 Å². The molecule has 45 heavy (non-hydrogen) atoms. The van der Waals surface area contributed by atoms with Gasteiger partial charge in [-0.1, -0.05) is 58.6 Å². The van der Waals surface area contributed by atoms with E-state index in [1.165, 1.54) is 4.90 Å². The molecule has 12 nitrogen and oxygen atoms in total. The molecular weight excluding hydrogens is 578 g/mol. The molecule has 2 saturated carbocycles. The molecular formula is C33H53N5O7. The molecule has 0 spiro atoms. The number of esters is 1. The van der Waals surface area contributed by atoms with Crippen LogP contribution in [0.25, 0.3) is 0 Å². The number of nitrogens with one attached hydrogen (secondary N) is 3. The Morgan fingerprint density at radius 2 is 1.62 bits per heavy atom. The second-order valence-electron chi connectivity index (χ2n) is 14.3. The monoisotopic (exact) mass is 631 g/mol. The zero-order chi connectivity index (χ0) is 33.6. The summed E-state index contributed by atoms with van der Waals surface area (Å²) >= 11 is 0. The fourth-order valence-electron chi connectivity index (χ4n) is 5.98. The van der Waals surface area contributed by atoms with Gasteiger partial charge in [0.1, 0.15) is 18.1 Å². The van der Waals surface area contributed by atoms with Crippen LogP contribution in [-0.2, 0) is 28.7 Å². The van der Waals surface area contributed by atoms with Gasteiger partial charge in [0.05, 0.1) is 12.1 Å². The van der Waals surface area contributed by atoms with E-state index in [1.807, 2.05) is 40.7 Å². The molecule has 5 atom stereocenters. The zero-order valence-corrected chi connectivity index (χ0v) is 27.9. The second kappa shape index (κ2) is 15.2. The summed E-state index contributed by atoms with van der Waals surface area (Å²) in [6.07, 6.45) is 7.58. The van der Waals surface area contributed by atoms with Crippen molar-refractivity contribution >= 4 is 35.5 Å². The Labute approximate surface area is 267 Å². The molecule has 0 bridgehead atoms. The van der Waals surface area contributed by atoms with Gasteiger partial charge in [-0.3, -0.25) is 19.2 Å². The third kappa shape index (κ3) is 9.77. The molecule has 5 amide bonds. The molecule has 0 aromatic carbocycles. The molecule has 0 radical (unpaired) electrons. The maximum Gasteiger partial charge on any atom is 0.329 e. The lowest BCUT2D eigenvalue weighted by molar-refractivity contribution is -0.152. The fraction of sp³-hybridized carbons (Fsp3) is 0.758. The van der Waals surface area contributed by atoms with Crippen LogP contribution >= 0.6 is 0 Å². The number of amides is 5. The number of carbonyl (C=O) groups is 6. The number of allylic oxidation sites excluding steroid dienone is 1. The second-order valence-corrected chi connectivity index (χ2v) is 14.3. The Hall–Kier alpha value is -3.44. The molecule has 0 aromatic rings. The van der Waals surface area contributed by atoms with Gasteiger partial charge in [0.15, 0.2) is 0 Å². The van der Waals surface area contributed by atoms with E-state index in [9.17, 15) is 28.8 Å². The summed E-state index contributed by atoms with van der Waals surface area (Å²) < 4.78 is 5.40. The van der Waals surface area contributed by atoms with E-state index >= 15 is 0 Å². The van der Waals surface area contributed by atoms with Crippen LogP contribution in [0.3, 0.4) is 0 Å². The summed E-state index contributed by atoms with van der Waals surface area (Å²) in [6.45, 7) is 13.1. The number of primary amides is 1. The van der Waals surface area contributed by atoms with E-state index in [4.69, 9.17) is 10.5 Å². The molecule has 3 fully saturated rings. The number of nitrogens with two attached hydrogens (primary N) is 1. The largest absolute Gasteiger partial charge is 0.461 e. The molecule has 5 N–H and O–H groups in total. The Kier molecular flexibility index (Phi) is 12.2. The predicted molar refractivity (Wildman–Crippen MR) is 168 cm³/mol. The minimum Gasteiger partial charge on any atom is -0.461 e. The minimum atomic E-state index is -1.11. The standard InChI is InChI=1S/C33H53N5O7/c1-8-19(4)16-22-14-15-38(25(22)29(41)35-23(17-20-12-13-20)26(39)28(34)40)30(42)27(33(5,6)7)37-32(44)36-24(21-10-9-11-21)31(43)45-18(2)3/h16,18,20-25,27H,8-15,17H2,1-7H3,(H2,34,40)(H,35,41)(H2,36,37,44)/b19-16+/t22-,23?,24+,25+,27-/m1/s1. The first-order valence-corrected chi connectivity index (χ1v) is 16.4. The highest BCUT2D eigenvalue weighted by Crippen LogP contribution is 2.35.